The standard InChI is InChI=1S/C16H36ClNO10P4.C5H12ClO3P.C5H12O3P.C4H9N.C3H6O3P.CH5P.10CH4.Cl2.Na.H2O/c1-13(9-22-4)27-31(17,20)23-10-15(3)28-32(21,25-12-29)24-11-14(2)26-30(5,19)18-16-7-6-8-16;1-5(4-8-2)9-10(3,6)7;1-5(4-7-2)8-9(3)6;5-4-2-1-3-4;1-3-2-5-7(4)6-3;1-2;;;;;;;;;;;1-2;;/h13-16H,6-12,29H2,1-5H3,(H,18,19);5H,4H2,1-3H3;5H,4H2,1-3H3;4H,1-3,5H2;3H,2H2,1H3;2H2,1H3;10*1H4;;;1H2/q;;+1;;+1;;;;;;;;;;;;;+1;/p-1/i12T;;;;;1T;;;;;;;;;;;;;. The Morgan fingerprint density at radius 3 is 1.38 bits per heavy atom. The molecule has 22 nitrogen and oxygen atoms in total. The molecule has 35 heteroatoms. The summed E-state index contributed by atoms with van der Waals surface area (Å²) in [6.07, 6.45) is 3.03. The molecule has 494 valence electrons. The van der Waals surface area contributed by atoms with Crippen molar-refractivity contribution in [2.75, 3.05) is 93.9 Å². The van der Waals surface area contributed by atoms with Crippen LogP contribution in [0.1, 0.15) is 157 Å². The summed E-state index contributed by atoms with van der Waals surface area (Å²) in [6, 6.07) is 0.725. The van der Waals surface area contributed by atoms with Gasteiger partial charge in [-0.25, -0.2) is 14.2 Å². The van der Waals surface area contributed by atoms with Gasteiger partial charge in [-0.05, 0) is 83.0 Å². The molecule has 1 saturated heterocycles. The molecule has 0 amide bonds. The van der Waals surface area contributed by atoms with Crippen LogP contribution in [0.25, 0.3) is 0 Å². The van der Waals surface area contributed by atoms with Crippen LogP contribution < -0.4 is 40.4 Å². The molecule has 0 bridgehead atoms. The predicted octanol–water partition coefficient (Wildman–Crippen LogP) is 15.3. The van der Waals surface area contributed by atoms with E-state index in [0.29, 0.717) is 32.5 Å². The smallest absolute Gasteiger partial charge is 0.870 e. The van der Waals surface area contributed by atoms with Crippen molar-refractivity contribution >= 4 is 108 Å². The van der Waals surface area contributed by atoms with Gasteiger partial charge in [0, 0.05) is 85.6 Å². The van der Waals surface area contributed by atoms with Crippen LogP contribution in [0.5, 0.6) is 0 Å². The average Bonchev–Trinajstić information content (AvgIpc) is 3.56. The van der Waals surface area contributed by atoms with Crippen LogP contribution in [0.3, 0.4) is 0 Å². The molecule has 4 N–H and O–H groups in total. The monoisotopic (exact) mass is 1410 g/mol. The van der Waals surface area contributed by atoms with E-state index in [1.54, 1.807) is 35.0 Å². The quantitative estimate of drug-likeness (QED) is 0.0601. The molecule has 1 aliphatic heterocycles. The predicted molar refractivity (Wildman–Crippen MR) is 347 cm³/mol. The molecule has 15 atom stereocenters. The molecule has 0 aromatic rings. The number of phosphoric ester groups is 1. The fourth-order valence-corrected chi connectivity index (χ4v) is 11.8. The average molecular weight is 1420 g/mol. The van der Waals surface area contributed by atoms with E-state index in [1.807, 2.05) is 23.1 Å². The van der Waals surface area contributed by atoms with Crippen LogP contribution in [0.2, 0.25) is 0 Å². The van der Waals surface area contributed by atoms with E-state index in [1.165, 1.54) is 53.3 Å². The Balaban J connectivity index is -0.0000000522. The van der Waals surface area contributed by atoms with E-state index in [2.05, 4.69) is 45.1 Å². The first-order valence-corrected chi connectivity index (χ1v) is 34.8. The normalized spacial score (nSPS) is 19.5. The Kier molecular flexibility index (Phi) is 109. The maximum atomic E-state index is 13.0. The molecule has 1 heterocycles. The van der Waals surface area contributed by atoms with Gasteiger partial charge in [-0.3, -0.25) is 31.7 Å². The number of phosphoric acid groups is 1. The number of hydrogen-bond acceptors (Lipinski definition) is 21. The SMILES string of the molecule is C.C.C.C.C.C.C.C.C.C.CC1CO[P+](=O)O1.COCC(C)OP(C)(=O)Cl.COCC(C)O[P+](C)=O.ClCl.NC1CCC1.[3H]C(P)OP(=O)(OCC(C)OP(C)(=O)NC1CCC1)OC(C)COP(=O)(Cl)OC(C)COC.[3H]CP.[Na+].[OH-]. The van der Waals surface area contributed by atoms with E-state index < -0.39 is 69.9 Å². The molecule has 3 aliphatic rings. The van der Waals surface area contributed by atoms with Gasteiger partial charge in [0.25, 0.3) is 14.2 Å². The topological polar surface area (TPSA) is 290 Å². The Labute approximate surface area is 536 Å². The third-order valence-corrected chi connectivity index (χ3v) is 14.9. The van der Waals surface area contributed by atoms with Crippen LogP contribution in [-0.4, -0.2) is 148 Å². The largest absolute Gasteiger partial charge is 1.00 e. The summed E-state index contributed by atoms with van der Waals surface area (Å²) in [6.45, 7) is 8.90. The van der Waals surface area contributed by atoms with Gasteiger partial charge in [0.1, 0.15) is 18.8 Å². The summed E-state index contributed by atoms with van der Waals surface area (Å²) in [5.74, 6) is 0. The third-order valence-electron chi connectivity index (χ3n) is 7.37. The van der Waals surface area contributed by atoms with Crippen molar-refractivity contribution in [2.45, 2.75) is 203 Å². The second-order valence-electron chi connectivity index (χ2n) is 14.6. The van der Waals surface area contributed by atoms with Gasteiger partial charge in [0.05, 0.1) is 65.1 Å². The molecule has 79 heavy (non-hydrogen) atoms. The van der Waals surface area contributed by atoms with Crippen LogP contribution in [0.15, 0.2) is 0 Å². The molecular weight excluding hydrogens is 1290 g/mol. The molecule has 2 saturated carbocycles. The Morgan fingerprint density at radius 1 is 0.722 bits per heavy atom. The summed E-state index contributed by atoms with van der Waals surface area (Å²) < 4.78 is 147. The van der Waals surface area contributed by atoms with Crippen LogP contribution in [0, 0.1) is 0 Å². The number of halogens is 4. The van der Waals surface area contributed by atoms with Crippen molar-refractivity contribution in [3.8, 4) is 0 Å². The zero-order valence-corrected chi connectivity index (χ0v) is 54.7. The van der Waals surface area contributed by atoms with E-state index in [-0.39, 0.29) is 153 Å². The molecular formula is C44H121Cl4N2NaO20P8+2. The summed E-state index contributed by atoms with van der Waals surface area (Å²) in [5.41, 5.74) is 5.38. The van der Waals surface area contributed by atoms with Crippen LogP contribution >= 0.6 is 108 Å². The number of methoxy groups -OCH3 is 3. The van der Waals surface area contributed by atoms with Gasteiger partial charge < -0.3 is 34.5 Å². The van der Waals surface area contributed by atoms with E-state index >= 15 is 0 Å². The molecule has 0 aromatic carbocycles. The molecule has 15 unspecified atom stereocenters. The summed E-state index contributed by atoms with van der Waals surface area (Å²) >= 11 is 11.1. The fraction of sp³-hybridized carbons (Fsp3) is 1.00. The van der Waals surface area contributed by atoms with Crippen LogP contribution in [0.4, 0.5) is 0 Å². The van der Waals surface area contributed by atoms with Gasteiger partial charge in [-0.15, -0.1) is 32.1 Å². The summed E-state index contributed by atoms with van der Waals surface area (Å²) in [5, 5.41) is 2.97. The Morgan fingerprint density at radius 2 is 1.09 bits per heavy atom. The van der Waals surface area contributed by atoms with Gasteiger partial charge in [0.15, 0.2) is 6.66 Å². The molecule has 0 aromatic heterocycles. The van der Waals surface area contributed by atoms with Gasteiger partial charge >= 0.3 is 60.6 Å². The van der Waals surface area contributed by atoms with E-state index in [0.717, 1.165) is 19.3 Å². The number of hydrogen-bond donors (Lipinski definition) is 2. The number of nitrogens with one attached hydrogen (secondary N) is 1. The van der Waals surface area contributed by atoms with Gasteiger partial charge in [0.2, 0.25) is 0 Å². The number of rotatable bonds is 26. The summed E-state index contributed by atoms with van der Waals surface area (Å²) in [4.78, 5) is 0. The van der Waals surface area contributed by atoms with Crippen molar-refractivity contribution in [3.63, 3.8) is 0 Å². The van der Waals surface area contributed by atoms with Gasteiger partial charge in [-0.1, -0.05) is 93.7 Å². The zero-order valence-electron chi connectivity index (χ0n) is 44.0. The number of nitrogens with two attached hydrogens (primary N) is 1. The molecule has 2 aliphatic carbocycles. The maximum Gasteiger partial charge on any atom is 1.00 e. The number of ether oxygens (including phenoxy) is 3. The minimum absolute atomic E-state index is 0. The van der Waals surface area contributed by atoms with Crippen molar-refractivity contribution in [2.24, 2.45) is 5.73 Å². The first kappa shape index (κ1) is 117. The fourth-order valence-electron chi connectivity index (χ4n) is 4.50. The van der Waals surface area contributed by atoms with Crippen molar-refractivity contribution in [3.05, 3.63) is 0 Å². The third kappa shape index (κ3) is 83.6. The van der Waals surface area contributed by atoms with Crippen molar-refractivity contribution in [1.29, 1.82) is 0 Å². The molecule has 3 fully saturated rings. The first-order chi connectivity index (χ1) is 31.9. The van der Waals surface area contributed by atoms with Crippen LogP contribution in [-0.2, 0) is 86.8 Å². The second-order valence-corrected chi connectivity index (χ2v) is 26.7. The van der Waals surface area contributed by atoms with Crippen molar-refractivity contribution in [1.82, 2.24) is 5.09 Å². The maximum absolute atomic E-state index is 13.0. The Bertz CT molecular complexity index is 1530. The first-order valence-electron chi connectivity index (χ1n) is 21.8. The Hall–Kier alpha value is 3.50. The van der Waals surface area contributed by atoms with E-state index in [4.69, 9.17) is 81.4 Å². The van der Waals surface area contributed by atoms with Crippen molar-refractivity contribution < 1.29 is 125 Å². The summed E-state index contributed by atoms with van der Waals surface area (Å²) in [7, 11) is 6.46. The molecule has 0 spiro atoms. The minimum Gasteiger partial charge on any atom is -0.870 e. The minimum atomic E-state index is -4.27. The molecule has 0 radical (unpaired) electrons. The van der Waals surface area contributed by atoms with E-state index in [9.17, 15) is 27.4 Å². The van der Waals surface area contributed by atoms with Gasteiger partial charge in [-0.2, -0.15) is 0 Å². The second kappa shape index (κ2) is 74.0. The molecule has 3 rings (SSSR count). The zero-order chi connectivity index (χ0) is 54.4.